The Bertz CT molecular complexity index is 891. The molecule has 0 amide bonds. The number of nitro groups is 1. The van der Waals surface area contributed by atoms with Crippen molar-refractivity contribution in [1.29, 1.82) is 0 Å². The van der Waals surface area contributed by atoms with Crippen LogP contribution in [0.2, 0.25) is 0 Å². The molecule has 166 valence electrons. The molecule has 2 rings (SSSR count). The Kier molecular flexibility index (Phi) is 9.64. The van der Waals surface area contributed by atoms with Crippen molar-refractivity contribution in [3.63, 3.8) is 0 Å². The number of ether oxygens (including phenoxy) is 1. The highest BCUT2D eigenvalue weighted by atomic mass is 16.6. The molecule has 7 heteroatoms. The molecule has 0 unspecified atom stereocenters. The molecule has 7 nitrogen and oxygen atoms in total. The molecule has 1 heterocycles. The number of hydrogen-bond donors (Lipinski definition) is 1. The first-order valence-corrected chi connectivity index (χ1v) is 11.2. The van der Waals surface area contributed by atoms with Crippen LogP contribution in [-0.2, 0) is 6.54 Å². The van der Waals surface area contributed by atoms with Gasteiger partial charge in [-0.15, -0.1) is 0 Å². The predicted molar refractivity (Wildman–Crippen MR) is 120 cm³/mol. The fourth-order valence-corrected chi connectivity index (χ4v) is 3.63. The van der Waals surface area contributed by atoms with Crippen LogP contribution >= 0.6 is 0 Å². The van der Waals surface area contributed by atoms with E-state index < -0.39 is 16.2 Å². The van der Waals surface area contributed by atoms with Gasteiger partial charge in [0.15, 0.2) is 5.75 Å². The second kappa shape index (κ2) is 12.2. The topological polar surface area (TPSA) is 94.6 Å². The number of aromatic hydroxyl groups is 1. The van der Waals surface area contributed by atoms with Gasteiger partial charge in [0.2, 0.25) is 5.75 Å². The van der Waals surface area contributed by atoms with Gasteiger partial charge in [0.25, 0.3) is 11.2 Å². The zero-order valence-corrected chi connectivity index (χ0v) is 18.2. The van der Waals surface area contributed by atoms with E-state index in [1.807, 2.05) is 0 Å². The van der Waals surface area contributed by atoms with Crippen molar-refractivity contribution in [3.8, 4) is 11.5 Å². The van der Waals surface area contributed by atoms with Crippen molar-refractivity contribution in [2.24, 2.45) is 0 Å². The molecule has 0 saturated carbocycles. The number of fused-ring (bicyclic) bond motifs is 1. The molecule has 1 N–H and O–H groups in total. The normalized spacial score (nSPS) is 11.1. The number of hydrogen-bond acceptors (Lipinski definition) is 5. The highest BCUT2D eigenvalue weighted by molar-refractivity contribution is 5.89. The number of pyridine rings is 1. The summed E-state index contributed by atoms with van der Waals surface area (Å²) in [5.74, 6) is -0.293. The van der Waals surface area contributed by atoms with E-state index >= 15 is 0 Å². The van der Waals surface area contributed by atoms with Gasteiger partial charge in [-0.3, -0.25) is 14.9 Å². The molecule has 1 aromatic carbocycles. The number of nitro benzene ring substituents is 1. The molecule has 0 radical (unpaired) electrons. The molecule has 0 saturated heterocycles. The van der Waals surface area contributed by atoms with Crippen LogP contribution in [0, 0.1) is 10.1 Å². The fourth-order valence-electron chi connectivity index (χ4n) is 3.63. The summed E-state index contributed by atoms with van der Waals surface area (Å²) < 4.78 is 7.22. The van der Waals surface area contributed by atoms with Gasteiger partial charge in [0.1, 0.15) is 0 Å². The van der Waals surface area contributed by atoms with Gasteiger partial charge in [-0.2, -0.15) is 0 Å². The first-order valence-electron chi connectivity index (χ1n) is 11.2. The number of aromatic nitrogens is 1. The Hall–Kier alpha value is -2.57. The van der Waals surface area contributed by atoms with Crippen molar-refractivity contribution in [1.82, 2.24) is 4.57 Å². The quantitative estimate of drug-likeness (QED) is 0.233. The lowest BCUT2D eigenvalue weighted by molar-refractivity contribution is -0.384. The Morgan fingerprint density at radius 1 is 1.00 bits per heavy atom. The van der Waals surface area contributed by atoms with Crippen molar-refractivity contribution in [3.05, 3.63) is 38.7 Å². The van der Waals surface area contributed by atoms with Crippen LogP contribution in [0.5, 0.6) is 11.5 Å². The zero-order chi connectivity index (χ0) is 21.9. The number of rotatable bonds is 14. The van der Waals surface area contributed by atoms with E-state index in [1.54, 1.807) is 6.07 Å². The number of non-ortho nitro benzene ring substituents is 1. The lowest BCUT2D eigenvalue weighted by Crippen LogP contribution is -2.21. The van der Waals surface area contributed by atoms with Gasteiger partial charge >= 0.3 is 0 Å². The molecule has 2 aromatic rings. The van der Waals surface area contributed by atoms with Crippen molar-refractivity contribution in [2.75, 3.05) is 6.61 Å². The minimum atomic E-state index is -0.555. The maximum Gasteiger partial charge on any atom is 0.297 e. The summed E-state index contributed by atoms with van der Waals surface area (Å²) in [5.41, 5.74) is -0.206. The second-order valence-corrected chi connectivity index (χ2v) is 7.77. The van der Waals surface area contributed by atoms with E-state index in [0.717, 1.165) is 51.4 Å². The van der Waals surface area contributed by atoms with Crippen LogP contribution in [0.15, 0.2) is 23.0 Å². The Balaban J connectivity index is 2.31. The Morgan fingerprint density at radius 2 is 1.63 bits per heavy atom. The lowest BCUT2D eigenvalue weighted by atomic mass is 10.1. The molecule has 0 aliphatic carbocycles. The van der Waals surface area contributed by atoms with E-state index in [2.05, 4.69) is 13.8 Å². The molecule has 0 bridgehead atoms. The molecule has 30 heavy (non-hydrogen) atoms. The molecular weight excluding hydrogens is 384 g/mol. The molecule has 0 spiro atoms. The minimum absolute atomic E-state index is 0.0850. The van der Waals surface area contributed by atoms with Crippen molar-refractivity contribution in [2.45, 2.75) is 84.6 Å². The highest BCUT2D eigenvalue weighted by Gasteiger charge is 2.20. The summed E-state index contributed by atoms with van der Waals surface area (Å²) in [7, 11) is 0. The van der Waals surface area contributed by atoms with Crippen LogP contribution < -0.4 is 10.3 Å². The van der Waals surface area contributed by atoms with Crippen LogP contribution in [0.4, 0.5) is 5.69 Å². The number of unbranched alkanes of at least 4 members (excludes halogenated alkanes) is 8. The lowest BCUT2D eigenvalue weighted by Gasteiger charge is -2.16. The maximum atomic E-state index is 12.8. The fraction of sp³-hybridized carbons (Fsp3) is 0.609. The summed E-state index contributed by atoms with van der Waals surface area (Å²) in [6, 6.07) is 4.34. The maximum absolute atomic E-state index is 12.8. The molecule has 0 atom stereocenters. The van der Waals surface area contributed by atoms with Gasteiger partial charge in [0, 0.05) is 24.1 Å². The van der Waals surface area contributed by atoms with Crippen LogP contribution in [0.3, 0.4) is 0 Å². The summed E-state index contributed by atoms with van der Waals surface area (Å²) in [6.07, 6.45) is 10.4. The van der Waals surface area contributed by atoms with Gasteiger partial charge in [-0.1, -0.05) is 65.2 Å². The molecule has 0 aliphatic rings. The number of nitrogens with zero attached hydrogens (tertiary/aromatic N) is 2. The third-order valence-corrected chi connectivity index (χ3v) is 5.37. The summed E-state index contributed by atoms with van der Waals surface area (Å²) in [5, 5.41) is 22.3. The van der Waals surface area contributed by atoms with Gasteiger partial charge in [0.05, 0.1) is 17.0 Å². The zero-order valence-electron chi connectivity index (χ0n) is 18.2. The monoisotopic (exact) mass is 418 g/mol. The third-order valence-electron chi connectivity index (χ3n) is 5.37. The van der Waals surface area contributed by atoms with E-state index in [1.165, 1.54) is 29.5 Å². The van der Waals surface area contributed by atoms with Gasteiger partial charge in [-0.05, 0) is 18.9 Å². The third kappa shape index (κ3) is 6.21. The van der Waals surface area contributed by atoms with Gasteiger partial charge in [-0.25, -0.2) is 0 Å². The highest BCUT2D eigenvalue weighted by Crippen LogP contribution is 2.34. The van der Waals surface area contributed by atoms with E-state index in [4.69, 9.17) is 4.74 Å². The Labute approximate surface area is 177 Å². The largest absolute Gasteiger partial charge is 0.500 e. The summed E-state index contributed by atoms with van der Waals surface area (Å²) >= 11 is 0. The average molecular weight is 419 g/mol. The number of benzene rings is 1. The smallest absolute Gasteiger partial charge is 0.297 e. The minimum Gasteiger partial charge on any atom is -0.500 e. The van der Waals surface area contributed by atoms with E-state index in [9.17, 15) is 20.0 Å². The molecule has 0 fully saturated rings. The second-order valence-electron chi connectivity index (χ2n) is 7.77. The summed E-state index contributed by atoms with van der Waals surface area (Å²) in [4.78, 5) is 23.6. The predicted octanol–water partition coefficient (Wildman–Crippen LogP) is 5.93. The first-order chi connectivity index (χ1) is 14.5. The van der Waals surface area contributed by atoms with E-state index in [-0.39, 0.29) is 11.4 Å². The van der Waals surface area contributed by atoms with E-state index in [0.29, 0.717) is 24.1 Å². The van der Waals surface area contributed by atoms with Crippen LogP contribution in [0.1, 0.15) is 78.1 Å². The SMILES string of the molecule is CCCCCCCCn1c(=O)c(O)c(OCCCCCC)c2ccc([N+](=O)[O-])cc21. The molecular formula is C23H34N2O5. The first kappa shape index (κ1) is 23.7. The van der Waals surface area contributed by atoms with Crippen molar-refractivity contribution >= 4 is 16.6 Å². The standard InChI is InChI=1S/C23H34N2O5/c1-3-5-7-9-10-11-15-24-20-17-18(25(28)29)13-14-19(20)22(21(26)23(24)27)30-16-12-8-6-4-2/h13-14,17,26H,3-12,15-16H2,1-2H3. The average Bonchev–Trinajstić information content (AvgIpc) is 2.74. The number of aryl methyl sites for hydroxylation is 1. The van der Waals surface area contributed by atoms with Crippen LogP contribution in [-0.4, -0.2) is 21.2 Å². The van der Waals surface area contributed by atoms with Crippen LogP contribution in [0.25, 0.3) is 10.9 Å². The van der Waals surface area contributed by atoms with Gasteiger partial charge < -0.3 is 14.4 Å². The Morgan fingerprint density at radius 3 is 2.30 bits per heavy atom. The molecule has 0 aliphatic heterocycles. The summed E-state index contributed by atoms with van der Waals surface area (Å²) in [6.45, 7) is 5.08. The molecule has 1 aromatic heterocycles. The van der Waals surface area contributed by atoms with Crippen molar-refractivity contribution < 1.29 is 14.8 Å².